The van der Waals surface area contributed by atoms with E-state index >= 15 is 0 Å². The molecule has 4 nitrogen and oxygen atoms in total. The Balaban J connectivity index is 2.11. The van der Waals surface area contributed by atoms with E-state index in [-0.39, 0.29) is 17.7 Å². The summed E-state index contributed by atoms with van der Waals surface area (Å²) in [6.45, 7) is 0.231. The minimum absolute atomic E-state index is 0.217. The van der Waals surface area contributed by atoms with Crippen LogP contribution < -0.4 is 4.74 Å². The first kappa shape index (κ1) is 13.9. The molecule has 0 fully saturated rings. The van der Waals surface area contributed by atoms with Gasteiger partial charge in [-0.1, -0.05) is 29.8 Å². The molecule has 0 radical (unpaired) electrons. The van der Waals surface area contributed by atoms with Crippen molar-refractivity contribution in [3.8, 4) is 11.8 Å². The van der Waals surface area contributed by atoms with Gasteiger partial charge in [-0.3, -0.25) is 0 Å². The normalized spacial score (nSPS) is 9.80. The predicted molar refractivity (Wildman–Crippen MR) is 73.9 cm³/mol. The zero-order chi connectivity index (χ0) is 14.5. The summed E-state index contributed by atoms with van der Waals surface area (Å²) in [6.07, 6.45) is 0. The molecule has 0 spiro atoms. The van der Waals surface area contributed by atoms with E-state index in [1.54, 1.807) is 30.3 Å². The fourth-order valence-electron chi connectivity index (χ4n) is 1.64. The van der Waals surface area contributed by atoms with Crippen LogP contribution in [0.5, 0.6) is 5.75 Å². The first-order valence-electron chi connectivity index (χ1n) is 5.75. The number of halogens is 1. The van der Waals surface area contributed by atoms with Gasteiger partial charge in [-0.15, -0.1) is 0 Å². The van der Waals surface area contributed by atoms with Crippen LogP contribution in [-0.2, 0) is 6.61 Å². The molecule has 100 valence electrons. The number of carboxylic acids is 1. The summed E-state index contributed by atoms with van der Waals surface area (Å²) in [7, 11) is 0. The molecular weight excluding hydrogens is 278 g/mol. The fraction of sp³-hybridized carbons (Fsp3) is 0.0667. The van der Waals surface area contributed by atoms with Crippen molar-refractivity contribution in [2.24, 2.45) is 0 Å². The van der Waals surface area contributed by atoms with Gasteiger partial charge in [-0.2, -0.15) is 5.26 Å². The Morgan fingerprint density at radius 1 is 1.25 bits per heavy atom. The molecule has 2 rings (SSSR count). The van der Waals surface area contributed by atoms with E-state index in [2.05, 4.69) is 0 Å². The van der Waals surface area contributed by atoms with Crippen LogP contribution in [0.4, 0.5) is 0 Å². The summed E-state index contributed by atoms with van der Waals surface area (Å²) >= 11 is 5.90. The first-order chi connectivity index (χ1) is 9.61. The van der Waals surface area contributed by atoms with Gasteiger partial charge in [0.2, 0.25) is 0 Å². The second-order valence-electron chi connectivity index (χ2n) is 4.02. The molecule has 0 heterocycles. The number of aromatic carboxylic acids is 1. The summed E-state index contributed by atoms with van der Waals surface area (Å²) < 4.78 is 5.54. The average Bonchev–Trinajstić information content (AvgIpc) is 2.45. The van der Waals surface area contributed by atoms with Crippen LogP contribution in [0.3, 0.4) is 0 Å². The van der Waals surface area contributed by atoms with E-state index in [0.29, 0.717) is 10.8 Å². The number of carbonyl (C=O) groups is 1. The Bertz CT molecular complexity index is 675. The smallest absolute Gasteiger partial charge is 0.335 e. The molecule has 0 aliphatic carbocycles. The van der Waals surface area contributed by atoms with Crippen molar-refractivity contribution >= 4 is 17.6 Å². The van der Waals surface area contributed by atoms with Crippen molar-refractivity contribution in [3.05, 3.63) is 64.2 Å². The van der Waals surface area contributed by atoms with Gasteiger partial charge < -0.3 is 9.84 Å². The molecule has 0 atom stereocenters. The largest absolute Gasteiger partial charge is 0.487 e. The lowest BCUT2D eigenvalue weighted by Gasteiger charge is -2.08. The molecule has 20 heavy (non-hydrogen) atoms. The standard InChI is InChI=1S/C15H10ClNO3/c16-13-2-1-3-14(12(13)8-17)20-9-10-4-6-11(7-5-10)15(18)19/h1-7H,9H2,(H,18,19). The molecule has 0 aliphatic heterocycles. The van der Waals surface area contributed by atoms with Crippen molar-refractivity contribution in [2.75, 3.05) is 0 Å². The first-order valence-corrected chi connectivity index (χ1v) is 6.13. The number of nitrogens with zero attached hydrogens (tertiary/aromatic N) is 1. The Hall–Kier alpha value is -2.51. The summed E-state index contributed by atoms with van der Waals surface area (Å²) in [6, 6.07) is 13.3. The maximum absolute atomic E-state index is 10.7. The molecule has 2 aromatic carbocycles. The summed E-state index contributed by atoms with van der Waals surface area (Å²) in [5.74, 6) is -0.568. The van der Waals surface area contributed by atoms with E-state index in [9.17, 15) is 4.79 Å². The van der Waals surface area contributed by atoms with E-state index in [0.717, 1.165) is 5.56 Å². The molecule has 5 heteroatoms. The lowest BCUT2D eigenvalue weighted by atomic mass is 10.1. The number of benzene rings is 2. The van der Waals surface area contributed by atoms with Gasteiger partial charge in [0.1, 0.15) is 24.0 Å². The van der Waals surface area contributed by atoms with Crippen LogP contribution in [0, 0.1) is 11.3 Å². The van der Waals surface area contributed by atoms with Gasteiger partial charge in [0.05, 0.1) is 10.6 Å². The molecule has 0 bridgehead atoms. The van der Waals surface area contributed by atoms with Gasteiger partial charge in [-0.05, 0) is 29.8 Å². The maximum atomic E-state index is 10.7. The Labute approximate surface area is 120 Å². The van der Waals surface area contributed by atoms with Crippen molar-refractivity contribution in [3.63, 3.8) is 0 Å². The highest BCUT2D eigenvalue weighted by molar-refractivity contribution is 6.31. The average molecular weight is 288 g/mol. The highest BCUT2D eigenvalue weighted by atomic mass is 35.5. The SMILES string of the molecule is N#Cc1c(Cl)cccc1OCc1ccc(C(=O)O)cc1. The van der Waals surface area contributed by atoms with Crippen LogP contribution in [0.2, 0.25) is 5.02 Å². The van der Waals surface area contributed by atoms with E-state index < -0.39 is 5.97 Å². The Morgan fingerprint density at radius 2 is 1.95 bits per heavy atom. The minimum Gasteiger partial charge on any atom is -0.487 e. The number of ether oxygens (including phenoxy) is 1. The van der Waals surface area contributed by atoms with Gasteiger partial charge in [0, 0.05) is 0 Å². The highest BCUT2D eigenvalue weighted by Gasteiger charge is 2.08. The molecule has 0 aliphatic rings. The van der Waals surface area contributed by atoms with Crippen LogP contribution in [0.1, 0.15) is 21.5 Å². The summed E-state index contributed by atoms with van der Waals surface area (Å²) in [4.78, 5) is 10.7. The van der Waals surface area contributed by atoms with Crippen molar-refractivity contribution < 1.29 is 14.6 Å². The van der Waals surface area contributed by atoms with Gasteiger partial charge >= 0.3 is 5.97 Å². The minimum atomic E-state index is -0.973. The van der Waals surface area contributed by atoms with Crippen molar-refractivity contribution in [1.82, 2.24) is 0 Å². The molecule has 0 saturated carbocycles. The zero-order valence-electron chi connectivity index (χ0n) is 10.3. The monoisotopic (exact) mass is 287 g/mol. The molecular formula is C15H10ClNO3. The quantitative estimate of drug-likeness (QED) is 0.934. The molecule has 1 N–H and O–H groups in total. The maximum Gasteiger partial charge on any atom is 0.335 e. The van der Waals surface area contributed by atoms with E-state index in [4.69, 9.17) is 26.7 Å². The van der Waals surface area contributed by atoms with Crippen LogP contribution in [0.25, 0.3) is 0 Å². The Kier molecular flexibility index (Phi) is 4.24. The van der Waals surface area contributed by atoms with Gasteiger partial charge in [-0.25, -0.2) is 4.79 Å². The Morgan fingerprint density at radius 3 is 2.55 bits per heavy atom. The fourth-order valence-corrected chi connectivity index (χ4v) is 1.85. The molecule has 0 unspecified atom stereocenters. The number of carboxylic acid groups (broad SMARTS) is 1. The van der Waals surface area contributed by atoms with Crippen LogP contribution >= 0.6 is 11.6 Å². The zero-order valence-corrected chi connectivity index (χ0v) is 11.1. The molecule has 0 aromatic heterocycles. The number of rotatable bonds is 4. The molecule has 0 saturated heterocycles. The third-order valence-corrected chi connectivity index (χ3v) is 3.00. The van der Waals surface area contributed by atoms with E-state index in [1.165, 1.54) is 12.1 Å². The third-order valence-electron chi connectivity index (χ3n) is 2.68. The predicted octanol–water partition coefficient (Wildman–Crippen LogP) is 3.49. The molecule has 2 aromatic rings. The highest BCUT2D eigenvalue weighted by Crippen LogP contribution is 2.26. The lowest BCUT2D eigenvalue weighted by Crippen LogP contribution is -2.00. The van der Waals surface area contributed by atoms with Crippen molar-refractivity contribution in [2.45, 2.75) is 6.61 Å². The molecule has 0 amide bonds. The van der Waals surface area contributed by atoms with Crippen molar-refractivity contribution in [1.29, 1.82) is 5.26 Å². The topological polar surface area (TPSA) is 70.3 Å². The van der Waals surface area contributed by atoms with E-state index in [1.807, 2.05) is 6.07 Å². The number of nitriles is 1. The number of hydrogen-bond acceptors (Lipinski definition) is 3. The second kappa shape index (κ2) is 6.09. The third kappa shape index (κ3) is 3.08. The van der Waals surface area contributed by atoms with Gasteiger partial charge in [0.15, 0.2) is 0 Å². The summed E-state index contributed by atoms with van der Waals surface area (Å²) in [5.41, 5.74) is 1.31. The van der Waals surface area contributed by atoms with Gasteiger partial charge in [0.25, 0.3) is 0 Å². The lowest BCUT2D eigenvalue weighted by molar-refractivity contribution is 0.0697. The van der Waals surface area contributed by atoms with Crippen LogP contribution in [0.15, 0.2) is 42.5 Å². The second-order valence-corrected chi connectivity index (χ2v) is 4.42. The number of hydrogen-bond donors (Lipinski definition) is 1. The summed E-state index contributed by atoms with van der Waals surface area (Å²) in [5, 5.41) is 18.2. The van der Waals surface area contributed by atoms with Crippen LogP contribution in [-0.4, -0.2) is 11.1 Å².